The average molecular weight is 328 g/mol. The molecule has 1 aliphatic rings. The maximum absolute atomic E-state index is 5.95. The van der Waals surface area contributed by atoms with E-state index in [-0.39, 0.29) is 0 Å². The molecule has 2 aromatic carbocycles. The molecule has 3 rings (SSSR count). The second-order valence-electron chi connectivity index (χ2n) is 6.72. The highest BCUT2D eigenvalue weighted by molar-refractivity contribution is 6.30. The van der Waals surface area contributed by atoms with Crippen molar-refractivity contribution < 1.29 is 0 Å². The summed E-state index contributed by atoms with van der Waals surface area (Å²) in [6.45, 7) is 3.53. The van der Waals surface area contributed by atoms with Gasteiger partial charge >= 0.3 is 0 Å². The molecule has 122 valence electrons. The van der Waals surface area contributed by atoms with E-state index in [4.69, 9.17) is 11.6 Å². The van der Waals surface area contributed by atoms with E-state index >= 15 is 0 Å². The monoisotopic (exact) mass is 327 g/mol. The van der Waals surface area contributed by atoms with Gasteiger partial charge in [-0.3, -0.25) is 4.90 Å². The van der Waals surface area contributed by atoms with Crippen molar-refractivity contribution in [2.45, 2.75) is 38.6 Å². The van der Waals surface area contributed by atoms with Crippen LogP contribution < -0.4 is 0 Å². The van der Waals surface area contributed by atoms with Gasteiger partial charge in [-0.25, -0.2) is 0 Å². The minimum absolute atomic E-state index is 0.825. The summed E-state index contributed by atoms with van der Waals surface area (Å²) in [5.41, 5.74) is 2.85. The minimum atomic E-state index is 0.825. The van der Waals surface area contributed by atoms with E-state index in [0.717, 1.165) is 17.5 Å². The quantitative estimate of drug-likeness (QED) is 0.670. The van der Waals surface area contributed by atoms with Gasteiger partial charge in [-0.1, -0.05) is 60.5 Å². The van der Waals surface area contributed by atoms with Gasteiger partial charge in [0.1, 0.15) is 0 Å². The summed E-state index contributed by atoms with van der Waals surface area (Å²) in [6.07, 6.45) is 6.63. The first-order valence-electron chi connectivity index (χ1n) is 8.80. The summed E-state index contributed by atoms with van der Waals surface area (Å²) < 4.78 is 0. The minimum Gasteiger partial charge on any atom is -0.299 e. The van der Waals surface area contributed by atoms with Crippen molar-refractivity contribution >= 4 is 11.6 Å². The van der Waals surface area contributed by atoms with Gasteiger partial charge in [-0.15, -0.1) is 0 Å². The molecule has 23 heavy (non-hydrogen) atoms. The lowest BCUT2D eigenvalue weighted by Crippen LogP contribution is -2.33. The van der Waals surface area contributed by atoms with E-state index in [0.29, 0.717) is 0 Å². The van der Waals surface area contributed by atoms with Crippen LogP contribution in [0.5, 0.6) is 0 Å². The highest BCUT2D eigenvalue weighted by atomic mass is 35.5. The molecule has 0 radical (unpaired) electrons. The maximum Gasteiger partial charge on any atom is 0.0406 e. The van der Waals surface area contributed by atoms with Crippen LogP contribution in [0.2, 0.25) is 5.02 Å². The van der Waals surface area contributed by atoms with Gasteiger partial charge in [0.2, 0.25) is 0 Å². The van der Waals surface area contributed by atoms with Crippen LogP contribution in [0, 0.1) is 5.92 Å². The van der Waals surface area contributed by atoms with E-state index < -0.39 is 0 Å². The van der Waals surface area contributed by atoms with Crippen LogP contribution in [0.3, 0.4) is 0 Å². The van der Waals surface area contributed by atoms with Crippen molar-refractivity contribution in [3.8, 4) is 0 Å². The Kier molecular flexibility index (Phi) is 6.13. The first-order chi connectivity index (χ1) is 11.3. The molecule has 2 aromatic rings. The topological polar surface area (TPSA) is 3.24 Å². The van der Waals surface area contributed by atoms with Crippen molar-refractivity contribution in [1.29, 1.82) is 0 Å². The lowest BCUT2D eigenvalue weighted by atomic mass is 9.90. The molecule has 1 aliphatic heterocycles. The fourth-order valence-corrected chi connectivity index (χ4v) is 3.65. The van der Waals surface area contributed by atoms with Gasteiger partial charge in [0.05, 0.1) is 0 Å². The Hall–Kier alpha value is -1.31. The first kappa shape index (κ1) is 16.5. The Morgan fingerprint density at radius 2 is 1.57 bits per heavy atom. The highest BCUT2D eigenvalue weighted by Crippen LogP contribution is 2.24. The lowest BCUT2D eigenvalue weighted by Gasteiger charge is -2.32. The molecule has 0 N–H and O–H groups in total. The van der Waals surface area contributed by atoms with E-state index in [9.17, 15) is 0 Å². The molecule has 0 aromatic heterocycles. The van der Waals surface area contributed by atoms with Crippen LogP contribution in [0.15, 0.2) is 54.6 Å². The molecular formula is C21H26ClN. The Morgan fingerprint density at radius 3 is 2.26 bits per heavy atom. The fourth-order valence-electron chi connectivity index (χ4n) is 3.52. The summed E-state index contributed by atoms with van der Waals surface area (Å²) >= 11 is 5.95. The Bertz CT molecular complexity index is 571. The van der Waals surface area contributed by atoms with Crippen molar-refractivity contribution in [1.82, 2.24) is 4.90 Å². The number of halogens is 1. The van der Waals surface area contributed by atoms with Gasteiger partial charge in [0, 0.05) is 11.6 Å². The van der Waals surface area contributed by atoms with Crippen LogP contribution in [0.25, 0.3) is 0 Å². The van der Waals surface area contributed by atoms with Crippen LogP contribution >= 0.6 is 11.6 Å². The summed E-state index contributed by atoms with van der Waals surface area (Å²) in [5.74, 6) is 0.917. The van der Waals surface area contributed by atoms with E-state index in [1.54, 1.807) is 0 Å². The number of hydrogen-bond donors (Lipinski definition) is 0. The van der Waals surface area contributed by atoms with Crippen molar-refractivity contribution in [2.24, 2.45) is 5.92 Å². The third kappa shape index (κ3) is 5.37. The molecule has 0 amide bonds. The summed E-state index contributed by atoms with van der Waals surface area (Å²) in [4.78, 5) is 2.58. The standard InChI is InChI=1S/C21H26ClN/c22-21-11-9-20(10-12-21)17-23-15-13-19(14-16-23)8-4-7-18-5-2-1-3-6-18/h1-3,5-6,9-12,19H,4,7-8,13-17H2. The predicted octanol–water partition coefficient (Wildman–Crippen LogP) is 5.57. The predicted molar refractivity (Wildman–Crippen MR) is 98.8 cm³/mol. The largest absolute Gasteiger partial charge is 0.299 e. The molecule has 0 bridgehead atoms. The zero-order valence-corrected chi connectivity index (χ0v) is 14.5. The molecule has 0 unspecified atom stereocenters. The average Bonchev–Trinajstić information content (AvgIpc) is 2.59. The number of likely N-dealkylation sites (tertiary alicyclic amines) is 1. The van der Waals surface area contributed by atoms with E-state index in [1.165, 1.54) is 56.3 Å². The summed E-state index contributed by atoms with van der Waals surface area (Å²) in [6, 6.07) is 19.2. The summed E-state index contributed by atoms with van der Waals surface area (Å²) in [7, 11) is 0. The zero-order valence-electron chi connectivity index (χ0n) is 13.8. The van der Waals surface area contributed by atoms with E-state index in [2.05, 4.69) is 47.4 Å². The molecule has 1 saturated heterocycles. The number of benzene rings is 2. The Morgan fingerprint density at radius 1 is 0.870 bits per heavy atom. The number of aryl methyl sites for hydroxylation is 1. The van der Waals surface area contributed by atoms with Crippen molar-refractivity contribution in [3.05, 3.63) is 70.7 Å². The normalized spacial score (nSPS) is 16.6. The number of piperidine rings is 1. The number of rotatable bonds is 6. The van der Waals surface area contributed by atoms with Crippen LogP contribution in [-0.4, -0.2) is 18.0 Å². The molecule has 1 heterocycles. The van der Waals surface area contributed by atoms with Crippen molar-refractivity contribution in [3.63, 3.8) is 0 Å². The molecule has 2 heteroatoms. The second kappa shape index (κ2) is 8.52. The third-order valence-electron chi connectivity index (χ3n) is 4.95. The Labute approximate surface area is 145 Å². The molecule has 0 saturated carbocycles. The molecular weight excluding hydrogens is 302 g/mol. The Balaban J connectivity index is 1.36. The van der Waals surface area contributed by atoms with Gasteiger partial charge in [-0.2, -0.15) is 0 Å². The van der Waals surface area contributed by atoms with Crippen molar-refractivity contribution in [2.75, 3.05) is 13.1 Å². The van der Waals surface area contributed by atoms with Gasteiger partial charge in [-0.05, 0) is 68.0 Å². The lowest BCUT2D eigenvalue weighted by molar-refractivity contribution is 0.171. The number of nitrogens with zero attached hydrogens (tertiary/aromatic N) is 1. The van der Waals surface area contributed by atoms with Gasteiger partial charge < -0.3 is 0 Å². The first-order valence-corrected chi connectivity index (χ1v) is 9.18. The number of hydrogen-bond acceptors (Lipinski definition) is 1. The van der Waals surface area contributed by atoms with E-state index in [1.807, 2.05) is 12.1 Å². The maximum atomic E-state index is 5.95. The fraction of sp³-hybridized carbons (Fsp3) is 0.429. The molecule has 0 spiro atoms. The third-order valence-corrected chi connectivity index (χ3v) is 5.20. The molecule has 1 nitrogen and oxygen atoms in total. The van der Waals surface area contributed by atoms with Crippen LogP contribution in [0.4, 0.5) is 0 Å². The molecule has 0 atom stereocenters. The summed E-state index contributed by atoms with van der Waals surface area (Å²) in [5, 5.41) is 0.825. The van der Waals surface area contributed by atoms with Gasteiger partial charge in [0.25, 0.3) is 0 Å². The highest BCUT2D eigenvalue weighted by Gasteiger charge is 2.18. The molecule has 0 aliphatic carbocycles. The molecule has 1 fully saturated rings. The van der Waals surface area contributed by atoms with Gasteiger partial charge in [0.15, 0.2) is 0 Å². The SMILES string of the molecule is Clc1ccc(CN2CCC(CCCc3ccccc3)CC2)cc1. The van der Waals surface area contributed by atoms with Crippen LogP contribution in [0.1, 0.15) is 36.8 Å². The van der Waals surface area contributed by atoms with Crippen LogP contribution in [-0.2, 0) is 13.0 Å². The second-order valence-corrected chi connectivity index (χ2v) is 7.16. The smallest absolute Gasteiger partial charge is 0.0406 e. The zero-order chi connectivity index (χ0) is 15.9.